The van der Waals surface area contributed by atoms with Gasteiger partial charge in [-0.3, -0.25) is 4.79 Å². The summed E-state index contributed by atoms with van der Waals surface area (Å²) < 4.78 is 6.41. The van der Waals surface area contributed by atoms with Crippen LogP contribution in [-0.4, -0.2) is 57.9 Å². The third kappa shape index (κ3) is 5.93. The summed E-state index contributed by atoms with van der Waals surface area (Å²) in [5.74, 6) is 1.61. The topological polar surface area (TPSA) is 87.1 Å². The lowest BCUT2D eigenvalue weighted by Crippen LogP contribution is -2.67. The van der Waals surface area contributed by atoms with Crippen molar-refractivity contribution in [3.63, 3.8) is 0 Å². The number of allylic oxidation sites excluding steroid dienone is 4. The molecular formula is C49H65NO5. The van der Waals surface area contributed by atoms with E-state index in [2.05, 4.69) is 84.0 Å². The molecule has 0 aliphatic heterocycles. The highest BCUT2D eigenvalue weighted by Crippen LogP contribution is 2.78. The minimum atomic E-state index is -1.13. The highest BCUT2D eigenvalue weighted by atomic mass is 16.6. The van der Waals surface area contributed by atoms with E-state index in [4.69, 9.17) is 4.74 Å². The zero-order valence-electron chi connectivity index (χ0n) is 34.2. The normalized spacial score (nSPS) is 40.2. The molecule has 296 valence electrons. The second kappa shape index (κ2) is 14.0. The van der Waals surface area contributed by atoms with Crippen molar-refractivity contribution in [2.75, 3.05) is 13.1 Å². The molecule has 7 aliphatic rings. The van der Waals surface area contributed by atoms with Crippen molar-refractivity contribution in [3.8, 4) is 11.1 Å². The van der Waals surface area contributed by atoms with Gasteiger partial charge in [-0.15, -0.1) is 0 Å². The molecule has 55 heavy (non-hydrogen) atoms. The van der Waals surface area contributed by atoms with Gasteiger partial charge in [0.1, 0.15) is 6.10 Å². The zero-order chi connectivity index (χ0) is 39.0. The first-order chi connectivity index (χ1) is 26.2. The summed E-state index contributed by atoms with van der Waals surface area (Å²) in [4.78, 5) is 31.1. The Bertz CT molecular complexity index is 1830. The molecule has 2 bridgehead atoms. The Labute approximate surface area is 329 Å². The summed E-state index contributed by atoms with van der Waals surface area (Å²) in [5.41, 5.74) is 1.03. The SMILES string of the molecule is CCCN(C[C@]1(O)CC[C@H]2[C@]34C=C[C@@]5(C=C3C(=O)c3ccc(-c6ccccc6)cc3)CC(O)CC[C@]5(C)[C@H]4CC[C@@]21C)C(=O)O[C@H]1C[C@@H](C)CC[C@@H]1C(C)C. The number of carbonyl (C=O) groups is 2. The Morgan fingerprint density at radius 2 is 1.55 bits per heavy atom. The second-order valence-corrected chi connectivity index (χ2v) is 19.8. The number of Topliss-reactive ketones (excluding diaryl/α,β-unsaturated/α-hetero) is 1. The number of rotatable bonds is 9. The number of aliphatic hydroxyl groups excluding tert-OH is 1. The first kappa shape index (κ1) is 38.6. The number of nitrogens with zero attached hydrogens (tertiary/aromatic N) is 1. The molecule has 0 radical (unpaired) electrons. The Morgan fingerprint density at radius 1 is 0.873 bits per heavy atom. The lowest BCUT2D eigenvalue weighted by Gasteiger charge is -2.71. The van der Waals surface area contributed by atoms with Crippen molar-refractivity contribution in [2.45, 2.75) is 130 Å². The molecule has 0 saturated heterocycles. The predicted molar refractivity (Wildman–Crippen MR) is 218 cm³/mol. The standard InChI is InChI=1S/C49H65NO5/c1-7-27-50(44(53)55-40-28-33(4)13-18-38(40)32(2)3)31-48(54)24-21-42-46(48,6)23-20-41-45(5)22-19-37(51)29-47(45)25-26-49(41,42)39(30-47)43(52)36-16-14-35(15-17-36)34-11-9-8-10-12-34/h8-12,14-17,25-26,30,32-33,37-38,40-42,51,54H,7,13,18-24,27-29,31H2,1-6H3/t33-,37?,38+,40-,41+,42+,45+,46-,47-,48+,49+/m0/s1. The quantitative estimate of drug-likeness (QED) is 0.197. The molecule has 4 saturated carbocycles. The number of carbonyl (C=O) groups excluding carboxylic acids is 2. The number of ether oxygens (including phenoxy) is 1. The molecule has 2 N–H and O–H groups in total. The predicted octanol–water partition coefficient (Wildman–Crippen LogP) is 10.4. The highest BCUT2D eigenvalue weighted by molar-refractivity contribution is 6.10. The van der Waals surface area contributed by atoms with E-state index in [0.29, 0.717) is 42.7 Å². The van der Waals surface area contributed by atoms with Crippen LogP contribution in [-0.2, 0) is 4.74 Å². The van der Waals surface area contributed by atoms with Crippen molar-refractivity contribution in [2.24, 2.45) is 51.2 Å². The van der Waals surface area contributed by atoms with Crippen molar-refractivity contribution in [1.82, 2.24) is 4.90 Å². The monoisotopic (exact) mass is 747 g/mol. The Hall–Kier alpha value is -3.22. The number of ketones is 1. The van der Waals surface area contributed by atoms with Gasteiger partial charge in [-0.25, -0.2) is 4.79 Å². The van der Waals surface area contributed by atoms with Crippen LogP contribution in [0.5, 0.6) is 0 Å². The summed E-state index contributed by atoms with van der Waals surface area (Å²) in [5, 5.41) is 24.2. The van der Waals surface area contributed by atoms with E-state index in [1.54, 1.807) is 0 Å². The maximum atomic E-state index is 15.1. The molecule has 1 unspecified atom stereocenters. The van der Waals surface area contributed by atoms with E-state index in [1.807, 2.05) is 35.2 Å². The van der Waals surface area contributed by atoms with Gasteiger partial charge >= 0.3 is 6.09 Å². The zero-order valence-corrected chi connectivity index (χ0v) is 34.2. The second-order valence-electron chi connectivity index (χ2n) is 19.8. The molecule has 11 atom stereocenters. The van der Waals surface area contributed by atoms with Gasteiger partial charge in [0.05, 0.1) is 18.2 Å². The van der Waals surface area contributed by atoms with Crippen LogP contribution in [0.25, 0.3) is 11.1 Å². The van der Waals surface area contributed by atoms with E-state index >= 15 is 4.79 Å². The summed E-state index contributed by atoms with van der Waals surface area (Å²) in [7, 11) is 0. The van der Waals surface area contributed by atoms with Crippen LogP contribution >= 0.6 is 0 Å². The van der Waals surface area contributed by atoms with E-state index < -0.39 is 22.5 Å². The number of amides is 1. The third-order valence-corrected chi connectivity index (χ3v) is 16.6. The number of aliphatic hydroxyl groups is 2. The third-order valence-electron chi connectivity index (χ3n) is 16.6. The van der Waals surface area contributed by atoms with Gasteiger partial charge in [-0.2, -0.15) is 0 Å². The van der Waals surface area contributed by atoms with Gasteiger partial charge in [0.25, 0.3) is 0 Å². The van der Waals surface area contributed by atoms with E-state index in [0.717, 1.165) is 68.1 Å². The van der Waals surface area contributed by atoms with Crippen molar-refractivity contribution in [1.29, 1.82) is 0 Å². The molecular weight excluding hydrogens is 683 g/mol. The summed E-state index contributed by atoms with van der Waals surface area (Å²) in [6.07, 6.45) is 15.6. The van der Waals surface area contributed by atoms with Crippen LogP contribution in [0, 0.1) is 51.2 Å². The fourth-order valence-electron chi connectivity index (χ4n) is 13.5. The molecule has 0 heterocycles. The van der Waals surface area contributed by atoms with Crippen molar-refractivity contribution < 1.29 is 24.5 Å². The van der Waals surface area contributed by atoms with Crippen molar-refractivity contribution >= 4 is 11.9 Å². The minimum Gasteiger partial charge on any atom is -0.446 e. The molecule has 2 aromatic rings. The van der Waals surface area contributed by atoms with E-state index in [1.165, 1.54) is 6.42 Å². The van der Waals surface area contributed by atoms with Gasteiger partial charge in [0, 0.05) is 33.9 Å². The average Bonchev–Trinajstić information content (AvgIpc) is 3.44. The molecule has 6 nitrogen and oxygen atoms in total. The van der Waals surface area contributed by atoms with E-state index in [-0.39, 0.29) is 47.2 Å². The number of hydrogen-bond donors (Lipinski definition) is 2. The van der Waals surface area contributed by atoms with Gasteiger partial charge < -0.3 is 19.8 Å². The van der Waals surface area contributed by atoms with Gasteiger partial charge in [0.2, 0.25) is 0 Å². The molecule has 4 fully saturated rings. The fraction of sp³-hybridized carbons (Fsp3) is 0.633. The average molecular weight is 748 g/mol. The van der Waals surface area contributed by atoms with Gasteiger partial charge in [-0.1, -0.05) is 121 Å². The summed E-state index contributed by atoms with van der Waals surface area (Å²) >= 11 is 0. The van der Waals surface area contributed by atoms with Crippen LogP contribution in [0.15, 0.2) is 78.4 Å². The van der Waals surface area contributed by atoms with Crippen LogP contribution < -0.4 is 0 Å². The van der Waals surface area contributed by atoms with E-state index in [9.17, 15) is 15.0 Å². The van der Waals surface area contributed by atoms with Gasteiger partial charge in [-0.05, 0) is 110 Å². The maximum absolute atomic E-state index is 15.1. The van der Waals surface area contributed by atoms with Crippen LogP contribution in [0.2, 0.25) is 0 Å². The Balaban J connectivity index is 1.14. The highest BCUT2D eigenvalue weighted by Gasteiger charge is 2.74. The molecule has 0 aromatic heterocycles. The lowest BCUT2D eigenvalue weighted by molar-refractivity contribution is -0.175. The molecule has 2 spiro atoms. The maximum Gasteiger partial charge on any atom is 0.410 e. The molecule has 6 heteroatoms. The Kier molecular flexibility index (Phi) is 9.84. The molecule has 9 rings (SSSR count). The molecule has 1 amide bonds. The minimum absolute atomic E-state index is 0.0183. The first-order valence-electron chi connectivity index (χ1n) is 21.7. The smallest absolute Gasteiger partial charge is 0.410 e. The Morgan fingerprint density at radius 3 is 2.25 bits per heavy atom. The largest absolute Gasteiger partial charge is 0.446 e. The molecule has 2 aromatic carbocycles. The van der Waals surface area contributed by atoms with Crippen molar-refractivity contribution in [3.05, 3.63) is 84.0 Å². The summed E-state index contributed by atoms with van der Waals surface area (Å²) in [6.45, 7) is 14.3. The summed E-state index contributed by atoms with van der Waals surface area (Å²) in [6, 6.07) is 18.3. The number of fused-ring (bicyclic) bond motifs is 1. The first-order valence-corrected chi connectivity index (χ1v) is 21.7. The number of benzene rings is 2. The van der Waals surface area contributed by atoms with Crippen LogP contribution in [0.1, 0.15) is 123 Å². The van der Waals surface area contributed by atoms with Crippen LogP contribution in [0.3, 0.4) is 0 Å². The molecule has 7 aliphatic carbocycles. The fourth-order valence-corrected chi connectivity index (χ4v) is 13.5. The van der Waals surface area contributed by atoms with Crippen LogP contribution in [0.4, 0.5) is 4.79 Å². The number of hydrogen-bond acceptors (Lipinski definition) is 5. The lowest BCUT2D eigenvalue weighted by atomic mass is 9.32. The van der Waals surface area contributed by atoms with Gasteiger partial charge in [0.15, 0.2) is 5.78 Å².